The lowest BCUT2D eigenvalue weighted by molar-refractivity contribution is -0.118. The maximum atomic E-state index is 12.2. The molecule has 138 valence electrons. The van der Waals surface area contributed by atoms with Crippen LogP contribution in [-0.2, 0) is 4.79 Å². The van der Waals surface area contributed by atoms with Gasteiger partial charge in [0.25, 0.3) is 5.91 Å². The number of aryl methyl sites for hydroxylation is 1. The molecule has 27 heavy (non-hydrogen) atoms. The molecule has 0 aliphatic heterocycles. The standard InChI is InChI=1S/C24H25NO2/c1-17(2)21-10-9-18(3)23(15-21)27-16-24(26)25-22-13-11-20(12-14-22)19-7-5-4-6-8-19/h4-15,17H,16H2,1-3H3,(H,25,26). The van der Waals surface area contributed by atoms with Crippen LogP contribution in [0.2, 0.25) is 0 Å². The number of nitrogens with one attached hydrogen (secondary N) is 1. The number of ether oxygens (including phenoxy) is 1. The quantitative estimate of drug-likeness (QED) is 0.604. The Kier molecular flexibility index (Phi) is 5.92. The average molecular weight is 359 g/mol. The molecule has 3 aromatic carbocycles. The highest BCUT2D eigenvalue weighted by Crippen LogP contribution is 2.24. The summed E-state index contributed by atoms with van der Waals surface area (Å²) < 4.78 is 5.74. The summed E-state index contributed by atoms with van der Waals surface area (Å²) in [5.74, 6) is 1.01. The Balaban J connectivity index is 1.59. The molecule has 1 amide bonds. The van der Waals surface area contributed by atoms with E-state index in [-0.39, 0.29) is 12.5 Å². The van der Waals surface area contributed by atoms with Gasteiger partial charge in [-0.05, 0) is 53.3 Å². The number of anilines is 1. The lowest BCUT2D eigenvalue weighted by atomic mass is 10.0. The van der Waals surface area contributed by atoms with Gasteiger partial charge in [-0.25, -0.2) is 0 Å². The van der Waals surface area contributed by atoms with Crippen molar-refractivity contribution in [2.45, 2.75) is 26.7 Å². The third-order valence-corrected chi connectivity index (χ3v) is 4.51. The van der Waals surface area contributed by atoms with E-state index in [0.29, 0.717) is 5.92 Å². The summed E-state index contributed by atoms with van der Waals surface area (Å²) >= 11 is 0. The molecule has 3 rings (SSSR count). The van der Waals surface area contributed by atoms with Gasteiger partial charge in [-0.15, -0.1) is 0 Å². The molecule has 0 atom stereocenters. The Hall–Kier alpha value is -3.07. The summed E-state index contributed by atoms with van der Waals surface area (Å²) in [6, 6.07) is 24.1. The van der Waals surface area contributed by atoms with Crippen molar-refractivity contribution < 1.29 is 9.53 Å². The summed E-state index contributed by atoms with van der Waals surface area (Å²) in [4.78, 5) is 12.2. The summed E-state index contributed by atoms with van der Waals surface area (Å²) in [5, 5.41) is 2.88. The van der Waals surface area contributed by atoms with Gasteiger partial charge < -0.3 is 10.1 Å². The van der Waals surface area contributed by atoms with Gasteiger partial charge in [0, 0.05) is 5.69 Å². The summed E-state index contributed by atoms with van der Waals surface area (Å²) in [5.41, 5.74) is 5.26. The maximum absolute atomic E-state index is 12.2. The lowest BCUT2D eigenvalue weighted by Crippen LogP contribution is -2.20. The van der Waals surface area contributed by atoms with Crippen molar-refractivity contribution in [1.82, 2.24) is 0 Å². The molecule has 0 saturated carbocycles. The summed E-state index contributed by atoms with van der Waals surface area (Å²) in [7, 11) is 0. The van der Waals surface area contributed by atoms with Gasteiger partial charge >= 0.3 is 0 Å². The SMILES string of the molecule is Cc1ccc(C(C)C)cc1OCC(=O)Nc1ccc(-c2ccccc2)cc1. The zero-order valence-corrected chi connectivity index (χ0v) is 16.0. The average Bonchev–Trinajstić information content (AvgIpc) is 2.68. The van der Waals surface area contributed by atoms with Crippen molar-refractivity contribution in [2.75, 3.05) is 11.9 Å². The van der Waals surface area contributed by atoms with Crippen molar-refractivity contribution in [1.29, 1.82) is 0 Å². The molecule has 0 bridgehead atoms. The first-order chi connectivity index (χ1) is 13.0. The Morgan fingerprint density at radius 1 is 0.926 bits per heavy atom. The molecule has 0 heterocycles. The van der Waals surface area contributed by atoms with Crippen LogP contribution in [0.15, 0.2) is 72.8 Å². The van der Waals surface area contributed by atoms with Crippen LogP contribution in [-0.4, -0.2) is 12.5 Å². The third-order valence-electron chi connectivity index (χ3n) is 4.51. The van der Waals surface area contributed by atoms with Crippen LogP contribution >= 0.6 is 0 Å². The lowest BCUT2D eigenvalue weighted by Gasteiger charge is -2.13. The maximum Gasteiger partial charge on any atom is 0.262 e. The second-order valence-corrected chi connectivity index (χ2v) is 6.96. The van der Waals surface area contributed by atoms with E-state index < -0.39 is 0 Å². The van der Waals surface area contributed by atoms with E-state index in [4.69, 9.17) is 4.74 Å². The highest BCUT2D eigenvalue weighted by molar-refractivity contribution is 5.92. The number of benzene rings is 3. The first kappa shape index (κ1) is 18.7. The first-order valence-electron chi connectivity index (χ1n) is 9.21. The van der Waals surface area contributed by atoms with Crippen LogP contribution < -0.4 is 10.1 Å². The molecule has 3 heteroatoms. The molecule has 0 radical (unpaired) electrons. The van der Waals surface area contributed by atoms with E-state index in [9.17, 15) is 4.79 Å². The highest BCUT2D eigenvalue weighted by Gasteiger charge is 2.08. The monoisotopic (exact) mass is 359 g/mol. The zero-order valence-electron chi connectivity index (χ0n) is 16.0. The minimum Gasteiger partial charge on any atom is -0.483 e. The number of hydrogen-bond acceptors (Lipinski definition) is 2. The number of rotatable bonds is 6. The Morgan fingerprint density at radius 2 is 1.59 bits per heavy atom. The van der Waals surface area contributed by atoms with E-state index in [2.05, 4.69) is 37.4 Å². The van der Waals surface area contributed by atoms with Gasteiger partial charge in [0.05, 0.1) is 0 Å². The van der Waals surface area contributed by atoms with Crippen molar-refractivity contribution >= 4 is 11.6 Å². The molecular weight excluding hydrogens is 334 g/mol. The summed E-state index contributed by atoms with van der Waals surface area (Å²) in [6.07, 6.45) is 0. The minimum atomic E-state index is -0.170. The topological polar surface area (TPSA) is 38.3 Å². The fourth-order valence-corrected chi connectivity index (χ4v) is 2.85. The van der Waals surface area contributed by atoms with Gasteiger partial charge in [0.1, 0.15) is 5.75 Å². The highest BCUT2D eigenvalue weighted by atomic mass is 16.5. The van der Waals surface area contributed by atoms with Crippen molar-refractivity contribution in [2.24, 2.45) is 0 Å². The van der Waals surface area contributed by atoms with Crippen molar-refractivity contribution in [3.63, 3.8) is 0 Å². The first-order valence-corrected chi connectivity index (χ1v) is 9.21. The fourth-order valence-electron chi connectivity index (χ4n) is 2.85. The molecule has 0 aliphatic rings. The van der Waals surface area contributed by atoms with Crippen LogP contribution in [0.25, 0.3) is 11.1 Å². The normalized spacial score (nSPS) is 10.7. The number of amides is 1. The molecule has 1 N–H and O–H groups in total. The molecule has 3 nitrogen and oxygen atoms in total. The second-order valence-electron chi connectivity index (χ2n) is 6.96. The molecule has 0 unspecified atom stereocenters. The largest absolute Gasteiger partial charge is 0.483 e. The molecule has 0 fully saturated rings. The van der Waals surface area contributed by atoms with Crippen LogP contribution in [0.5, 0.6) is 5.75 Å². The van der Waals surface area contributed by atoms with Crippen molar-refractivity contribution in [3.05, 3.63) is 83.9 Å². The van der Waals surface area contributed by atoms with Gasteiger partial charge in [-0.2, -0.15) is 0 Å². The van der Waals surface area contributed by atoms with Crippen LogP contribution in [0.4, 0.5) is 5.69 Å². The molecule has 0 spiro atoms. The summed E-state index contributed by atoms with van der Waals surface area (Å²) in [6.45, 7) is 6.25. The van der Waals surface area contributed by atoms with Crippen LogP contribution in [0.3, 0.4) is 0 Å². The Morgan fingerprint density at radius 3 is 2.26 bits per heavy atom. The molecule has 0 aromatic heterocycles. The van der Waals surface area contributed by atoms with Gasteiger partial charge in [0.15, 0.2) is 6.61 Å². The van der Waals surface area contributed by atoms with E-state index in [1.807, 2.05) is 61.5 Å². The Labute approximate surface area is 161 Å². The predicted octanol–water partition coefficient (Wildman–Crippen LogP) is 5.80. The van der Waals surface area contributed by atoms with E-state index in [0.717, 1.165) is 28.1 Å². The van der Waals surface area contributed by atoms with Crippen LogP contribution in [0.1, 0.15) is 30.9 Å². The molecule has 3 aromatic rings. The molecular formula is C24H25NO2. The third kappa shape index (κ3) is 4.98. The second kappa shape index (κ2) is 8.54. The number of carbonyl (C=O) groups is 1. The van der Waals surface area contributed by atoms with Gasteiger partial charge in [-0.3, -0.25) is 4.79 Å². The Bertz CT molecular complexity index is 899. The van der Waals surface area contributed by atoms with E-state index in [1.54, 1.807) is 0 Å². The van der Waals surface area contributed by atoms with Gasteiger partial charge in [-0.1, -0.05) is 68.4 Å². The minimum absolute atomic E-state index is 0.0111. The fraction of sp³-hybridized carbons (Fsp3) is 0.208. The van der Waals surface area contributed by atoms with Crippen molar-refractivity contribution in [3.8, 4) is 16.9 Å². The molecule has 0 saturated heterocycles. The predicted molar refractivity (Wildman–Crippen MR) is 111 cm³/mol. The van der Waals surface area contributed by atoms with E-state index >= 15 is 0 Å². The zero-order chi connectivity index (χ0) is 19.2. The van der Waals surface area contributed by atoms with Gasteiger partial charge in [0.2, 0.25) is 0 Å². The number of carbonyl (C=O) groups excluding carboxylic acids is 1. The molecule has 0 aliphatic carbocycles. The number of hydrogen-bond donors (Lipinski definition) is 1. The smallest absolute Gasteiger partial charge is 0.262 e. The van der Waals surface area contributed by atoms with E-state index in [1.165, 1.54) is 5.56 Å². The van der Waals surface area contributed by atoms with Crippen LogP contribution in [0, 0.1) is 6.92 Å².